The van der Waals surface area contributed by atoms with E-state index in [1.54, 1.807) is 0 Å². The topological polar surface area (TPSA) is 324 Å². The first-order valence-electron chi connectivity index (χ1n) is 18.4. The van der Waals surface area contributed by atoms with Crippen molar-refractivity contribution in [3.8, 4) is 0 Å². The third-order valence-electron chi connectivity index (χ3n) is 9.74. The highest BCUT2D eigenvalue weighted by atomic mass is 16.2. The second-order valence-corrected chi connectivity index (χ2v) is 13.9. The maximum Gasteiger partial charge on any atom is 0.318 e. The molecule has 0 aromatic carbocycles. The Morgan fingerprint density at radius 2 is 1.54 bits per heavy atom. The standard InChI is InChI=1S/C34H55N11O9/c1-18-27(47)24-12-7-16-45(24)34(54)43-22(30(50)40-19(2)28(38)48)11-4-3-10-21(41-29(49)20(36)9-5-6-14-35)31(51)42-23(17-26(37)46)33(53)44-15-8-13-25(44)32(52)39-18/h3-4,18-25H,5-17,35-36H2,1-2H3,(H2,37,46)(H2,38,48)(H,39,52)(H,40,50)(H,41,49)(H,42,51)(H,43,54)/b4-3+/t18-,19-,20-,21-,22-,23-,24-,25-/m0/s1. The third-order valence-corrected chi connectivity index (χ3v) is 9.74. The Morgan fingerprint density at radius 1 is 0.889 bits per heavy atom. The minimum Gasteiger partial charge on any atom is -0.370 e. The zero-order chi connectivity index (χ0) is 40.1. The first-order valence-corrected chi connectivity index (χ1v) is 18.4. The molecule has 0 spiro atoms. The SMILES string of the molecule is C[C@H](NC(=O)[C@@H]1C/C=C/C[C@H](NC(=O)[C@@H](N)CCCCN)C(=O)N[C@@H](CC(N)=O)C(=O)N2CCC[C@H]2C(=O)N[C@@H](C)C(=O)[C@@H]2CCCN2C(=O)N1)C(N)=O. The van der Waals surface area contributed by atoms with E-state index >= 15 is 0 Å². The summed E-state index contributed by atoms with van der Waals surface area (Å²) >= 11 is 0. The van der Waals surface area contributed by atoms with Crippen molar-refractivity contribution in [1.82, 2.24) is 36.4 Å². The summed E-state index contributed by atoms with van der Waals surface area (Å²) in [6.45, 7) is 3.52. The molecule has 0 bridgehead atoms. The minimum absolute atomic E-state index is 0.120. The van der Waals surface area contributed by atoms with Crippen molar-refractivity contribution in [2.24, 2.45) is 22.9 Å². The zero-order valence-electron chi connectivity index (χ0n) is 30.8. The average molecular weight is 762 g/mol. The highest BCUT2D eigenvalue weighted by molar-refractivity contribution is 5.99. The monoisotopic (exact) mass is 761 g/mol. The molecule has 2 saturated heterocycles. The number of hydrogen-bond acceptors (Lipinski definition) is 11. The largest absolute Gasteiger partial charge is 0.370 e. The van der Waals surface area contributed by atoms with E-state index in [9.17, 15) is 43.2 Å². The summed E-state index contributed by atoms with van der Waals surface area (Å²) in [5, 5.41) is 12.8. The number of fused-ring (bicyclic) bond motifs is 2. The van der Waals surface area contributed by atoms with Crippen LogP contribution in [-0.2, 0) is 38.4 Å². The zero-order valence-corrected chi connectivity index (χ0v) is 30.8. The molecule has 0 saturated carbocycles. The fraction of sp³-hybridized carbons (Fsp3) is 0.676. The molecule has 3 heterocycles. The number of primary amides is 2. The summed E-state index contributed by atoms with van der Waals surface area (Å²) in [7, 11) is 0. The molecule has 0 aromatic heterocycles. The Bertz CT molecular complexity index is 1470. The number of urea groups is 1. The quantitative estimate of drug-likeness (QED) is 0.0727. The van der Waals surface area contributed by atoms with Gasteiger partial charge in [0.1, 0.15) is 30.2 Å². The van der Waals surface area contributed by atoms with Crippen molar-refractivity contribution in [3.05, 3.63) is 12.2 Å². The van der Waals surface area contributed by atoms with Crippen LogP contribution in [0.1, 0.15) is 78.1 Å². The van der Waals surface area contributed by atoms with Gasteiger partial charge >= 0.3 is 6.03 Å². The van der Waals surface area contributed by atoms with E-state index < -0.39 is 108 Å². The van der Waals surface area contributed by atoms with Gasteiger partial charge in [0.05, 0.1) is 24.5 Å². The summed E-state index contributed by atoms with van der Waals surface area (Å²) in [6, 6.07) is -10.00. The van der Waals surface area contributed by atoms with E-state index in [1.807, 2.05) is 0 Å². The van der Waals surface area contributed by atoms with Gasteiger partial charge in [-0.3, -0.25) is 38.4 Å². The first kappa shape index (κ1) is 43.3. The number of ketones is 1. The molecule has 3 rings (SSSR count). The van der Waals surface area contributed by atoms with Crippen LogP contribution in [0.15, 0.2) is 12.2 Å². The van der Waals surface area contributed by atoms with Crippen LogP contribution in [0.4, 0.5) is 4.79 Å². The van der Waals surface area contributed by atoms with E-state index in [4.69, 9.17) is 22.9 Å². The van der Waals surface area contributed by atoms with Gasteiger partial charge in [0.25, 0.3) is 0 Å². The number of Topliss-reactive ketones (excluding diaryl/α,β-unsaturated/α-hetero) is 1. The van der Waals surface area contributed by atoms with E-state index in [2.05, 4.69) is 26.6 Å². The van der Waals surface area contributed by atoms with Gasteiger partial charge in [0, 0.05) is 13.1 Å². The fourth-order valence-electron chi connectivity index (χ4n) is 6.61. The van der Waals surface area contributed by atoms with E-state index in [-0.39, 0.29) is 38.8 Å². The van der Waals surface area contributed by atoms with Gasteiger partial charge in [0.2, 0.25) is 41.4 Å². The predicted molar refractivity (Wildman–Crippen MR) is 193 cm³/mol. The molecule has 2 fully saturated rings. The Morgan fingerprint density at radius 3 is 2.19 bits per heavy atom. The molecule has 300 valence electrons. The van der Waals surface area contributed by atoms with Crippen molar-refractivity contribution in [2.45, 2.75) is 126 Å². The third kappa shape index (κ3) is 12.0. The molecule has 0 aliphatic carbocycles. The normalized spacial score (nSPS) is 27.7. The number of carbonyl (C=O) groups excluding carboxylic acids is 9. The molecule has 13 N–H and O–H groups in total. The summed E-state index contributed by atoms with van der Waals surface area (Å²) < 4.78 is 0. The lowest BCUT2D eigenvalue weighted by Gasteiger charge is -2.31. The van der Waals surface area contributed by atoms with Gasteiger partial charge in [-0.2, -0.15) is 0 Å². The molecule has 20 heteroatoms. The van der Waals surface area contributed by atoms with Crippen molar-refractivity contribution in [3.63, 3.8) is 0 Å². The summed E-state index contributed by atoms with van der Waals surface area (Å²) in [5.41, 5.74) is 22.4. The maximum absolute atomic E-state index is 13.9. The molecular formula is C34H55N11O9. The van der Waals surface area contributed by atoms with E-state index in [0.717, 1.165) is 0 Å². The molecule has 20 nitrogen and oxygen atoms in total. The van der Waals surface area contributed by atoms with Crippen LogP contribution < -0.4 is 49.5 Å². The molecule has 3 aliphatic rings. The number of hydrogen-bond donors (Lipinski definition) is 9. The lowest BCUT2D eigenvalue weighted by Crippen LogP contribution is -2.59. The van der Waals surface area contributed by atoms with Crippen molar-refractivity contribution in [1.29, 1.82) is 0 Å². The second-order valence-electron chi connectivity index (χ2n) is 13.9. The van der Waals surface area contributed by atoms with Gasteiger partial charge in [-0.05, 0) is 71.8 Å². The Hall–Kier alpha value is -5.11. The number of rotatable bonds is 11. The van der Waals surface area contributed by atoms with Crippen LogP contribution in [0, 0.1) is 0 Å². The van der Waals surface area contributed by atoms with E-state index in [0.29, 0.717) is 38.6 Å². The molecule has 8 atom stereocenters. The second kappa shape index (κ2) is 20.4. The molecule has 9 amide bonds. The molecule has 0 aromatic rings. The van der Waals surface area contributed by atoms with Gasteiger partial charge in [-0.15, -0.1) is 0 Å². The van der Waals surface area contributed by atoms with Crippen LogP contribution in [0.5, 0.6) is 0 Å². The summed E-state index contributed by atoms with van der Waals surface area (Å²) in [4.78, 5) is 121. The fourth-order valence-corrected chi connectivity index (χ4v) is 6.61. The Kier molecular flexibility index (Phi) is 16.3. The smallest absolute Gasteiger partial charge is 0.318 e. The number of nitrogens with zero attached hydrogens (tertiary/aromatic N) is 2. The van der Waals surface area contributed by atoms with Crippen LogP contribution in [0.3, 0.4) is 0 Å². The highest BCUT2D eigenvalue weighted by Crippen LogP contribution is 2.22. The summed E-state index contributed by atoms with van der Waals surface area (Å²) in [5.74, 6) is -5.90. The average Bonchev–Trinajstić information content (AvgIpc) is 3.81. The first-order chi connectivity index (χ1) is 25.5. The van der Waals surface area contributed by atoms with Crippen LogP contribution in [-0.4, -0.2) is 131 Å². The van der Waals surface area contributed by atoms with Gasteiger partial charge in [-0.1, -0.05) is 18.6 Å². The van der Waals surface area contributed by atoms with Crippen molar-refractivity contribution >= 4 is 53.2 Å². The van der Waals surface area contributed by atoms with Gasteiger partial charge < -0.3 is 59.3 Å². The molecule has 0 radical (unpaired) electrons. The Labute approximate surface area is 313 Å². The molecular weight excluding hydrogens is 706 g/mol. The summed E-state index contributed by atoms with van der Waals surface area (Å²) in [6.07, 6.45) is 4.82. The molecule has 54 heavy (non-hydrogen) atoms. The number of unbranched alkanes of at least 4 members (excludes halogenated alkanes) is 1. The van der Waals surface area contributed by atoms with Crippen LogP contribution >= 0.6 is 0 Å². The van der Waals surface area contributed by atoms with Gasteiger partial charge in [0.15, 0.2) is 5.78 Å². The lowest BCUT2D eigenvalue weighted by atomic mass is 10.0. The highest BCUT2D eigenvalue weighted by Gasteiger charge is 2.42. The minimum atomic E-state index is -1.50. The molecule has 3 aliphatic heterocycles. The van der Waals surface area contributed by atoms with E-state index in [1.165, 1.54) is 35.8 Å². The van der Waals surface area contributed by atoms with Crippen molar-refractivity contribution < 1.29 is 43.2 Å². The Balaban J connectivity index is 2.01. The predicted octanol–water partition coefficient (Wildman–Crippen LogP) is -3.76. The number of amides is 9. The van der Waals surface area contributed by atoms with Crippen LogP contribution in [0.25, 0.3) is 0 Å². The number of nitrogens with two attached hydrogens (primary N) is 4. The maximum atomic E-state index is 13.9. The number of carbonyl (C=O) groups is 9. The lowest BCUT2D eigenvalue weighted by molar-refractivity contribution is -0.143. The number of nitrogens with one attached hydrogen (secondary N) is 5. The van der Waals surface area contributed by atoms with Crippen molar-refractivity contribution in [2.75, 3.05) is 19.6 Å². The van der Waals surface area contributed by atoms with Crippen LogP contribution in [0.2, 0.25) is 0 Å². The van der Waals surface area contributed by atoms with Gasteiger partial charge in [-0.25, -0.2) is 4.79 Å². The molecule has 0 unspecified atom stereocenters.